The lowest BCUT2D eigenvalue weighted by Crippen LogP contribution is -2.45. The van der Waals surface area contributed by atoms with Gasteiger partial charge in [-0.1, -0.05) is 19.9 Å². The predicted octanol–water partition coefficient (Wildman–Crippen LogP) is 3.01. The zero-order chi connectivity index (χ0) is 30.3. The SMILES string of the molecule is CCNC(=O)c1nnc(-c2cc(C(C)C)c(O)cc2O)n1-c1ccc2c(c1)CN(S(=O)(=O)C1CCN(C(=O)O)CC1)C2. The third-order valence-electron chi connectivity index (χ3n) is 7.85. The van der Waals surface area contributed by atoms with Crippen molar-refractivity contribution in [2.24, 2.45) is 0 Å². The summed E-state index contributed by atoms with van der Waals surface area (Å²) in [5.41, 5.74) is 2.92. The number of phenols is 2. The van der Waals surface area contributed by atoms with Gasteiger partial charge in [-0.3, -0.25) is 9.36 Å². The summed E-state index contributed by atoms with van der Waals surface area (Å²) in [4.78, 5) is 25.5. The fraction of sp³-hybridized carbons (Fsp3) is 0.429. The van der Waals surface area contributed by atoms with E-state index in [-0.39, 0.29) is 73.6 Å². The number of aromatic nitrogens is 3. The Balaban J connectivity index is 1.51. The van der Waals surface area contributed by atoms with Gasteiger partial charge in [0.25, 0.3) is 5.91 Å². The number of rotatable bonds is 7. The van der Waals surface area contributed by atoms with E-state index in [0.717, 1.165) is 11.1 Å². The maximum absolute atomic E-state index is 13.5. The Kier molecular flexibility index (Phi) is 7.86. The molecule has 1 saturated heterocycles. The van der Waals surface area contributed by atoms with E-state index in [1.54, 1.807) is 31.2 Å². The average Bonchev–Trinajstić information content (AvgIpc) is 3.58. The Bertz CT molecular complexity index is 1640. The van der Waals surface area contributed by atoms with Gasteiger partial charge < -0.3 is 25.5 Å². The van der Waals surface area contributed by atoms with Gasteiger partial charge >= 0.3 is 6.09 Å². The third-order valence-corrected chi connectivity index (χ3v) is 10.1. The summed E-state index contributed by atoms with van der Waals surface area (Å²) in [5.74, 6) is -0.667. The molecule has 4 N–H and O–H groups in total. The largest absolute Gasteiger partial charge is 0.508 e. The molecule has 0 saturated carbocycles. The molecule has 42 heavy (non-hydrogen) atoms. The summed E-state index contributed by atoms with van der Waals surface area (Å²) in [6, 6.07) is 8.19. The number of nitrogens with one attached hydrogen (secondary N) is 1. The van der Waals surface area contributed by atoms with Gasteiger partial charge in [0.15, 0.2) is 5.82 Å². The Morgan fingerprint density at radius 3 is 2.36 bits per heavy atom. The van der Waals surface area contributed by atoms with Gasteiger partial charge in [-0.15, -0.1) is 10.2 Å². The molecule has 0 unspecified atom stereocenters. The number of carboxylic acid groups (broad SMARTS) is 1. The fourth-order valence-electron chi connectivity index (χ4n) is 5.55. The number of amides is 2. The van der Waals surface area contributed by atoms with Crippen molar-refractivity contribution in [1.82, 2.24) is 29.3 Å². The van der Waals surface area contributed by atoms with Crippen molar-refractivity contribution in [1.29, 1.82) is 0 Å². The van der Waals surface area contributed by atoms with Crippen LogP contribution >= 0.6 is 0 Å². The van der Waals surface area contributed by atoms with Gasteiger partial charge in [0.2, 0.25) is 15.8 Å². The number of hydrogen-bond acceptors (Lipinski definition) is 8. The normalized spacial score (nSPS) is 16.1. The number of carbonyl (C=O) groups is 2. The van der Waals surface area contributed by atoms with Crippen LogP contribution in [0.4, 0.5) is 4.79 Å². The van der Waals surface area contributed by atoms with Crippen LogP contribution < -0.4 is 5.32 Å². The summed E-state index contributed by atoms with van der Waals surface area (Å²) in [6.45, 7) is 6.58. The van der Waals surface area contributed by atoms with Crippen molar-refractivity contribution in [3.63, 3.8) is 0 Å². The van der Waals surface area contributed by atoms with E-state index >= 15 is 0 Å². The molecule has 1 aromatic heterocycles. The minimum absolute atomic E-state index is 0.0157. The van der Waals surface area contributed by atoms with Crippen LogP contribution in [0.3, 0.4) is 0 Å². The maximum Gasteiger partial charge on any atom is 0.407 e. The van der Waals surface area contributed by atoms with Crippen molar-refractivity contribution in [3.05, 3.63) is 52.8 Å². The molecule has 224 valence electrons. The highest BCUT2D eigenvalue weighted by Gasteiger charge is 2.38. The molecule has 2 aliphatic heterocycles. The molecule has 0 bridgehead atoms. The van der Waals surface area contributed by atoms with Crippen molar-refractivity contribution < 1.29 is 33.3 Å². The summed E-state index contributed by atoms with van der Waals surface area (Å²) >= 11 is 0. The maximum atomic E-state index is 13.5. The molecule has 14 heteroatoms. The molecule has 0 radical (unpaired) electrons. The quantitative estimate of drug-likeness (QED) is 0.318. The zero-order valence-corrected chi connectivity index (χ0v) is 24.4. The molecule has 0 spiro atoms. The molecule has 3 heterocycles. The van der Waals surface area contributed by atoms with Gasteiger partial charge in [0, 0.05) is 44.5 Å². The molecule has 2 amide bonds. The highest BCUT2D eigenvalue weighted by molar-refractivity contribution is 7.89. The van der Waals surface area contributed by atoms with Crippen LogP contribution in [-0.4, -0.2) is 84.6 Å². The first kappa shape index (κ1) is 29.3. The Morgan fingerprint density at radius 2 is 1.71 bits per heavy atom. The van der Waals surface area contributed by atoms with Gasteiger partial charge in [-0.05, 0) is 60.6 Å². The molecule has 13 nitrogen and oxygen atoms in total. The number of hydrogen-bond donors (Lipinski definition) is 4. The number of phenolic OH excluding ortho intramolecular Hbond substituents is 2. The highest BCUT2D eigenvalue weighted by atomic mass is 32.2. The van der Waals surface area contributed by atoms with Crippen LogP contribution in [-0.2, 0) is 23.1 Å². The summed E-state index contributed by atoms with van der Waals surface area (Å²) in [5, 5.41) is 40.8. The molecule has 5 rings (SSSR count). The van der Waals surface area contributed by atoms with Gasteiger partial charge in [-0.2, -0.15) is 4.31 Å². The monoisotopic (exact) mass is 598 g/mol. The van der Waals surface area contributed by atoms with Crippen LogP contribution in [0.2, 0.25) is 0 Å². The number of piperidine rings is 1. The zero-order valence-electron chi connectivity index (χ0n) is 23.6. The molecule has 2 aliphatic rings. The molecule has 0 atom stereocenters. The van der Waals surface area contributed by atoms with E-state index in [4.69, 9.17) is 0 Å². The van der Waals surface area contributed by atoms with Crippen molar-refractivity contribution >= 4 is 22.0 Å². The lowest BCUT2D eigenvalue weighted by Gasteiger charge is -2.31. The minimum Gasteiger partial charge on any atom is -0.508 e. The number of likely N-dealkylation sites (tertiary alicyclic amines) is 1. The number of aromatic hydroxyl groups is 2. The smallest absolute Gasteiger partial charge is 0.407 e. The Morgan fingerprint density at radius 1 is 1.02 bits per heavy atom. The van der Waals surface area contributed by atoms with Gasteiger partial charge in [0.05, 0.1) is 10.8 Å². The summed E-state index contributed by atoms with van der Waals surface area (Å²) in [7, 11) is -3.69. The van der Waals surface area contributed by atoms with E-state index in [9.17, 15) is 33.3 Å². The first-order valence-corrected chi connectivity index (χ1v) is 15.3. The predicted molar refractivity (Wildman–Crippen MR) is 153 cm³/mol. The number of benzene rings is 2. The molecular formula is C28H34N6O7S. The van der Waals surface area contributed by atoms with Crippen LogP contribution in [0.25, 0.3) is 17.1 Å². The van der Waals surface area contributed by atoms with Crippen LogP contribution in [0.1, 0.15) is 66.8 Å². The highest BCUT2D eigenvalue weighted by Crippen LogP contribution is 2.39. The molecule has 0 aliphatic carbocycles. The first-order valence-electron chi connectivity index (χ1n) is 13.8. The van der Waals surface area contributed by atoms with Crippen molar-refractivity contribution in [2.45, 2.75) is 57.9 Å². The van der Waals surface area contributed by atoms with Gasteiger partial charge in [0.1, 0.15) is 11.5 Å². The van der Waals surface area contributed by atoms with Crippen molar-refractivity contribution in [3.8, 4) is 28.6 Å². The lowest BCUT2D eigenvalue weighted by molar-refractivity contribution is 0.0943. The van der Waals surface area contributed by atoms with Gasteiger partial charge in [-0.25, -0.2) is 13.2 Å². The van der Waals surface area contributed by atoms with Crippen molar-refractivity contribution in [2.75, 3.05) is 19.6 Å². The molecular weight excluding hydrogens is 564 g/mol. The summed E-state index contributed by atoms with van der Waals surface area (Å²) in [6.07, 6.45) is -0.573. The standard InChI is InChI=1S/C28H34N6O7S/c1-4-29-27(37)26-31-30-25(22-12-21(16(2)3)23(35)13-24(22)36)34(26)19-6-5-17-14-33(15-18(17)11-19)42(40,41)20-7-9-32(10-8-20)28(38)39/h5-6,11-13,16,20,35-36H,4,7-10,14-15H2,1-3H3,(H,29,37)(H,38,39). The van der Waals surface area contributed by atoms with E-state index in [2.05, 4.69) is 15.5 Å². The lowest BCUT2D eigenvalue weighted by atomic mass is 9.98. The second-order valence-corrected chi connectivity index (χ2v) is 13.1. The molecule has 2 aromatic carbocycles. The Hall–Kier alpha value is -4.17. The number of carbonyl (C=O) groups excluding carboxylic acids is 1. The molecule has 1 fully saturated rings. The van der Waals surface area contributed by atoms with E-state index in [1.165, 1.54) is 19.8 Å². The van der Waals surface area contributed by atoms with E-state index < -0.39 is 27.3 Å². The fourth-order valence-corrected chi connectivity index (χ4v) is 7.42. The topological polar surface area (TPSA) is 178 Å². The average molecular weight is 599 g/mol. The van der Waals surface area contributed by atoms with Crippen LogP contribution in [0.15, 0.2) is 30.3 Å². The Labute approximate surface area is 243 Å². The first-order chi connectivity index (χ1) is 19.9. The van der Waals surface area contributed by atoms with E-state index in [1.807, 2.05) is 13.8 Å². The second kappa shape index (κ2) is 11.2. The third kappa shape index (κ3) is 5.27. The second-order valence-electron chi connectivity index (χ2n) is 10.9. The number of fused-ring (bicyclic) bond motifs is 1. The van der Waals surface area contributed by atoms with Crippen LogP contribution in [0.5, 0.6) is 11.5 Å². The molecule has 3 aromatic rings. The number of nitrogens with zero attached hydrogens (tertiary/aromatic N) is 5. The minimum atomic E-state index is -3.69. The number of sulfonamides is 1. The van der Waals surface area contributed by atoms with Crippen LogP contribution in [0, 0.1) is 0 Å². The van der Waals surface area contributed by atoms with E-state index in [0.29, 0.717) is 17.8 Å². The summed E-state index contributed by atoms with van der Waals surface area (Å²) < 4.78 is 29.9.